The van der Waals surface area contributed by atoms with Crippen molar-refractivity contribution in [2.75, 3.05) is 31.6 Å². The van der Waals surface area contributed by atoms with Gasteiger partial charge in [0.05, 0.1) is 18.1 Å². The molecule has 3 rings (SSSR count). The number of benzene rings is 2. The summed E-state index contributed by atoms with van der Waals surface area (Å²) < 4.78 is 33.2. The fourth-order valence-corrected chi connectivity index (χ4v) is 4.64. The van der Waals surface area contributed by atoms with Crippen molar-refractivity contribution in [3.63, 3.8) is 0 Å². The zero-order chi connectivity index (χ0) is 20.1. The Labute approximate surface area is 173 Å². The normalized spacial score (nSPS) is 15.6. The maximum Gasteiger partial charge on any atom is 0.248 e. The molecule has 6 nitrogen and oxygen atoms in total. The van der Waals surface area contributed by atoms with Crippen molar-refractivity contribution < 1.29 is 17.9 Å². The standard InChI is InChI=1S/C20H21BrN2O4S/c1-15-5-7-18(28(25,26)23-9-11-27-12-10-23)14-19(15)22-20(24)8-6-16-3-2-4-17(21)13-16/h2-8,13-14H,9-12H2,1H3,(H,22,24)/b8-6+. The number of rotatable bonds is 5. The quantitative estimate of drug-likeness (QED) is 0.687. The Hall–Kier alpha value is -2.00. The second-order valence-electron chi connectivity index (χ2n) is 6.37. The molecule has 1 N–H and O–H groups in total. The molecule has 0 saturated carbocycles. The van der Waals surface area contributed by atoms with Crippen LogP contribution in [0.5, 0.6) is 0 Å². The topological polar surface area (TPSA) is 75.7 Å². The molecule has 2 aromatic rings. The monoisotopic (exact) mass is 464 g/mol. The van der Waals surface area contributed by atoms with E-state index in [1.165, 1.54) is 16.4 Å². The lowest BCUT2D eigenvalue weighted by Crippen LogP contribution is -2.40. The van der Waals surface area contributed by atoms with Crippen LogP contribution in [0.3, 0.4) is 0 Å². The Morgan fingerprint density at radius 3 is 2.64 bits per heavy atom. The van der Waals surface area contributed by atoms with Gasteiger partial charge in [-0.1, -0.05) is 34.1 Å². The van der Waals surface area contributed by atoms with Gasteiger partial charge in [-0.05, 0) is 48.4 Å². The SMILES string of the molecule is Cc1ccc(S(=O)(=O)N2CCOCC2)cc1NC(=O)/C=C/c1cccc(Br)c1. The second kappa shape index (κ2) is 9.00. The third kappa shape index (κ3) is 5.08. The summed E-state index contributed by atoms with van der Waals surface area (Å²) in [7, 11) is -3.62. The zero-order valence-corrected chi connectivity index (χ0v) is 17.8. The largest absolute Gasteiger partial charge is 0.379 e. The molecule has 0 unspecified atom stereocenters. The number of hydrogen-bond acceptors (Lipinski definition) is 4. The van der Waals surface area contributed by atoms with E-state index in [9.17, 15) is 13.2 Å². The molecule has 1 heterocycles. The lowest BCUT2D eigenvalue weighted by molar-refractivity contribution is -0.111. The minimum Gasteiger partial charge on any atom is -0.379 e. The first-order valence-electron chi connectivity index (χ1n) is 8.79. The maximum atomic E-state index is 12.8. The first-order valence-corrected chi connectivity index (χ1v) is 11.0. The van der Waals surface area contributed by atoms with Crippen LogP contribution in [0.2, 0.25) is 0 Å². The summed E-state index contributed by atoms with van der Waals surface area (Å²) >= 11 is 3.39. The molecule has 1 saturated heterocycles. The predicted molar refractivity (Wildman–Crippen MR) is 113 cm³/mol. The molecule has 1 aliphatic heterocycles. The van der Waals surface area contributed by atoms with E-state index in [0.29, 0.717) is 32.0 Å². The van der Waals surface area contributed by atoms with Crippen LogP contribution in [0.15, 0.2) is 57.9 Å². The molecule has 0 spiro atoms. The highest BCUT2D eigenvalue weighted by Gasteiger charge is 2.26. The number of carbonyl (C=O) groups excluding carboxylic acids is 1. The number of sulfonamides is 1. The van der Waals surface area contributed by atoms with Crippen molar-refractivity contribution >= 4 is 43.6 Å². The van der Waals surface area contributed by atoms with Crippen molar-refractivity contribution in [1.82, 2.24) is 4.31 Å². The van der Waals surface area contributed by atoms with E-state index >= 15 is 0 Å². The molecule has 148 valence electrons. The lowest BCUT2D eigenvalue weighted by atomic mass is 10.2. The molecule has 0 aliphatic carbocycles. The van der Waals surface area contributed by atoms with E-state index in [2.05, 4.69) is 21.2 Å². The lowest BCUT2D eigenvalue weighted by Gasteiger charge is -2.26. The number of morpholine rings is 1. The van der Waals surface area contributed by atoms with E-state index in [1.54, 1.807) is 18.2 Å². The summed E-state index contributed by atoms with van der Waals surface area (Å²) in [5.74, 6) is -0.330. The number of amides is 1. The summed E-state index contributed by atoms with van der Waals surface area (Å²) in [5, 5.41) is 2.77. The molecule has 8 heteroatoms. The van der Waals surface area contributed by atoms with Gasteiger partial charge >= 0.3 is 0 Å². The predicted octanol–water partition coefficient (Wildman–Crippen LogP) is 3.43. The van der Waals surface area contributed by atoms with Gasteiger partial charge in [-0.2, -0.15) is 4.31 Å². The smallest absolute Gasteiger partial charge is 0.248 e. The Morgan fingerprint density at radius 1 is 1.18 bits per heavy atom. The number of aryl methyl sites for hydroxylation is 1. The van der Waals surface area contributed by atoms with Gasteiger partial charge in [0.25, 0.3) is 0 Å². The van der Waals surface area contributed by atoms with Crippen LogP contribution < -0.4 is 5.32 Å². The molecule has 1 fully saturated rings. The number of nitrogens with zero attached hydrogens (tertiary/aromatic N) is 1. The molecule has 0 aromatic heterocycles. The van der Waals surface area contributed by atoms with Gasteiger partial charge in [0, 0.05) is 29.3 Å². The van der Waals surface area contributed by atoms with Crippen LogP contribution in [0, 0.1) is 6.92 Å². The highest BCUT2D eigenvalue weighted by atomic mass is 79.9. The fraction of sp³-hybridized carbons (Fsp3) is 0.250. The Bertz CT molecular complexity index is 999. The van der Waals surface area contributed by atoms with Gasteiger partial charge in [-0.25, -0.2) is 8.42 Å². The molecule has 28 heavy (non-hydrogen) atoms. The van der Waals surface area contributed by atoms with E-state index in [4.69, 9.17) is 4.74 Å². The van der Waals surface area contributed by atoms with Crippen molar-refractivity contribution in [1.29, 1.82) is 0 Å². The van der Waals surface area contributed by atoms with Crippen LogP contribution in [0.25, 0.3) is 6.08 Å². The summed E-state index contributed by atoms with van der Waals surface area (Å²) in [5.41, 5.74) is 2.13. The molecule has 0 radical (unpaired) electrons. The zero-order valence-electron chi connectivity index (χ0n) is 15.4. The van der Waals surface area contributed by atoms with Crippen molar-refractivity contribution in [3.05, 3.63) is 64.1 Å². The molecule has 1 aliphatic rings. The number of carbonyl (C=O) groups is 1. The highest BCUT2D eigenvalue weighted by molar-refractivity contribution is 9.10. The number of anilines is 1. The van der Waals surface area contributed by atoms with E-state index in [1.807, 2.05) is 31.2 Å². The summed E-state index contributed by atoms with van der Waals surface area (Å²) in [6.45, 7) is 3.24. The van der Waals surface area contributed by atoms with Crippen LogP contribution in [0.1, 0.15) is 11.1 Å². The third-order valence-corrected chi connectivity index (χ3v) is 6.74. The number of ether oxygens (including phenoxy) is 1. The van der Waals surface area contributed by atoms with Crippen LogP contribution in [-0.2, 0) is 19.6 Å². The van der Waals surface area contributed by atoms with Crippen LogP contribution in [0.4, 0.5) is 5.69 Å². The number of halogens is 1. The first kappa shape index (κ1) is 20.7. The van der Waals surface area contributed by atoms with Gasteiger partial charge in [-0.15, -0.1) is 0 Å². The van der Waals surface area contributed by atoms with E-state index < -0.39 is 10.0 Å². The average molecular weight is 465 g/mol. The number of hydrogen-bond donors (Lipinski definition) is 1. The average Bonchev–Trinajstić information content (AvgIpc) is 2.69. The highest BCUT2D eigenvalue weighted by Crippen LogP contribution is 2.24. The molecule has 0 atom stereocenters. The minimum atomic E-state index is -3.62. The van der Waals surface area contributed by atoms with Crippen molar-refractivity contribution in [2.24, 2.45) is 0 Å². The summed E-state index contributed by atoms with van der Waals surface area (Å²) in [6.07, 6.45) is 3.12. The number of nitrogens with one attached hydrogen (secondary N) is 1. The first-order chi connectivity index (χ1) is 13.4. The molecular formula is C20H21BrN2O4S. The van der Waals surface area contributed by atoms with Gasteiger partial charge < -0.3 is 10.1 Å². The van der Waals surface area contributed by atoms with Crippen LogP contribution >= 0.6 is 15.9 Å². The van der Waals surface area contributed by atoms with Gasteiger partial charge in [0.15, 0.2) is 0 Å². The van der Waals surface area contributed by atoms with E-state index in [0.717, 1.165) is 15.6 Å². The molecular weight excluding hydrogens is 444 g/mol. The second-order valence-corrected chi connectivity index (χ2v) is 9.22. The van der Waals surface area contributed by atoms with E-state index in [-0.39, 0.29) is 10.8 Å². The van der Waals surface area contributed by atoms with Crippen molar-refractivity contribution in [3.8, 4) is 0 Å². The molecule has 0 bridgehead atoms. The Kier molecular flexibility index (Phi) is 6.66. The fourth-order valence-electron chi connectivity index (χ4n) is 2.79. The maximum absolute atomic E-state index is 12.8. The minimum absolute atomic E-state index is 0.159. The van der Waals surface area contributed by atoms with Gasteiger partial charge in [-0.3, -0.25) is 4.79 Å². The third-order valence-electron chi connectivity index (χ3n) is 4.35. The molecule has 2 aromatic carbocycles. The van der Waals surface area contributed by atoms with Crippen LogP contribution in [-0.4, -0.2) is 44.9 Å². The van der Waals surface area contributed by atoms with Crippen molar-refractivity contribution in [2.45, 2.75) is 11.8 Å². The Morgan fingerprint density at radius 2 is 1.93 bits per heavy atom. The Balaban J connectivity index is 1.77. The van der Waals surface area contributed by atoms with Gasteiger partial charge in [0.1, 0.15) is 0 Å². The summed E-state index contributed by atoms with van der Waals surface area (Å²) in [4.78, 5) is 12.5. The summed E-state index contributed by atoms with van der Waals surface area (Å²) in [6, 6.07) is 12.3. The van der Waals surface area contributed by atoms with Gasteiger partial charge in [0.2, 0.25) is 15.9 Å². The molecule has 1 amide bonds.